The van der Waals surface area contributed by atoms with E-state index in [0.717, 1.165) is 29.1 Å². The molecule has 0 fully saturated rings. The van der Waals surface area contributed by atoms with Gasteiger partial charge in [0.05, 0.1) is 5.71 Å². The van der Waals surface area contributed by atoms with Crippen molar-refractivity contribution in [3.05, 3.63) is 41.6 Å². The molecule has 2 aliphatic rings. The van der Waals surface area contributed by atoms with Gasteiger partial charge >= 0.3 is 0 Å². The highest BCUT2D eigenvalue weighted by atomic mass is 32.2. The Balaban J connectivity index is 1.70. The van der Waals surface area contributed by atoms with Crippen LogP contribution in [0.2, 0.25) is 0 Å². The third-order valence-electron chi connectivity index (χ3n) is 3.12. The van der Waals surface area contributed by atoms with Crippen molar-refractivity contribution >= 4 is 34.2 Å². The second kappa shape index (κ2) is 5.50. The van der Waals surface area contributed by atoms with Crippen LogP contribution < -0.4 is 10.7 Å². The lowest BCUT2D eigenvalue weighted by Gasteiger charge is -2.12. The van der Waals surface area contributed by atoms with E-state index in [9.17, 15) is 9.59 Å². The highest BCUT2D eigenvalue weighted by molar-refractivity contribution is 8.14. The van der Waals surface area contributed by atoms with Crippen molar-refractivity contribution in [3.8, 4) is 0 Å². The number of thioether (sulfide) groups is 1. The first kappa shape index (κ1) is 12.9. The maximum Gasteiger partial charge on any atom is 0.299 e. The van der Waals surface area contributed by atoms with E-state index in [1.165, 1.54) is 11.8 Å². The molecule has 0 aromatic heterocycles. The minimum absolute atomic E-state index is 0.120. The zero-order valence-electron chi connectivity index (χ0n) is 10.7. The number of carbonyl (C=O) groups excluding carboxylic acids is 2. The fourth-order valence-corrected chi connectivity index (χ4v) is 2.70. The molecule has 1 amide bonds. The van der Waals surface area contributed by atoms with Crippen LogP contribution in [0.15, 0.2) is 41.1 Å². The summed E-state index contributed by atoms with van der Waals surface area (Å²) in [5, 5.41) is 7.16. The van der Waals surface area contributed by atoms with E-state index in [-0.39, 0.29) is 11.0 Å². The molecule has 5 nitrogen and oxygen atoms in total. The summed E-state index contributed by atoms with van der Waals surface area (Å²) in [5.74, 6) is 0.756. The first-order chi connectivity index (χ1) is 9.70. The van der Waals surface area contributed by atoms with Gasteiger partial charge in [0, 0.05) is 29.6 Å². The zero-order chi connectivity index (χ0) is 13.9. The van der Waals surface area contributed by atoms with Gasteiger partial charge in [-0.3, -0.25) is 9.59 Å². The summed E-state index contributed by atoms with van der Waals surface area (Å²) in [6.07, 6.45) is 3.02. The van der Waals surface area contributed by atoms with Gasteiger partial charge in [0.25, 0.3) is 5.24 Å². The SMILES string of the molecule is O=C1C=C(Nc2ccc(C3=NNC(=O)SC3)cc2)CC1. The fraction of sp³-hybridized carbons (Fsp3) is 0.214. The van der Waals surface area contributed by atoms with Crippen LogP contribution in [0, 0.1) is 0 Å². The summed E-state index contributed by atoms with van der Waals surface area (Å²) in [6.45, 7) is 0. The van der Waals surface area contributed by atoms with Crippen molar-refractivity contribution in [2.24, 2.45) is 5.10 Å². The molecular formula is C14H13N3O2S. The Morgan fingerprint density at radius 3 is 2.55 bits per heavy atom. The summed E-state index contributed by atoms with van der Waals surface area (Å²) in [4.78, 5) is 22.2. The number of hydrazone groups is 1. The van der Waals surface area contributed by atoms with Gasteiger partial charge < -0.3 is 5.32 Å². The number of ketones is 1. The molecule has 102 valence electrons. The molecule has 0 radical (unpaired) electrons. The molecule has 0 saturated heterocycles. The van der Waals surface area contributed by atoms with E-state index in [1.54, 1.807) is 6.08 Å². The van der Waals surface area contributed by atoms with Crippen LogP contribution in [0.1, 0.15) is 18.4 Å². The van der Waals surface area contributed by atoms with Crippen molar-refractivity contribution in [1.29, 1.82) is 0 Å². The Labute approximate surface area is 120 Å². The number of anilines is 1. The highest BCUT2D eigenvalue weighted by Gasteiger charge is 2.14. The van der Waals surface area contributed by atoms with Crippen LogP contribution in [-0.2, 0) is 4.79 Å². The molecule has 1 aromatic carbocycles. The Bertz CT molecular complexity index is 620. The normalized spacial score (nSPS) is 18.4. The van der Waals surface area contributed by atoms with Crippen LogP contribution in [0.3, 0.4) is 0 Å². The lowest BCUT2D eigenvalue weighted by molar-refractivity contribution is -0.114. The number of allylic oxidation sites excluding steroid dienone is 2. The summed E-state index contributed by atoms with van der Waals surface area (Å²) < 4.78 is 0. The largest absolute Gasteiger partial charge is 0.359 e. The molecule has 1 heterocycles. The molecule has 0 unspecified atom stereocenters. The van der Waals surface area contributed by atoms with Crippen LogP contribution in [0.25, 0.3) is 0 Å². The fourth-order valence-electron chi connectivity index (χ4n) is 2.09. The van der Waals surface area contributed by atoms with E-state index < -0.39 is 0 Å². The van der Waals surface area contributed by atoms with Crippen molar-refractivity contribution in [2.75, 3.05) is 11.1 Å². The Morgan fingerprint density at radius 2 is 1.95 bits per heavy atom. The van der Waals surface area contributed by atoms with Gasteiger partial charge in [-0.15, -0.1) is 0 Å². The molecule has 2 N–H and O–H groups in total. The summed E-state index contributed by atoms with van der Waals surface area (Å²) in [6, 6.07) is 7.80. The van der Waals surface area contributed by atoms with Crippen molar-refractivity contribution in [1.82, 2.24) is 5.43 Å². The van der Waals surface area contributed by atoms with Crippen LogP contribution in [0.5, 0.6) is 0 Å². The van der Waals surface area contributed by atoms with E-state index >= 15 is 0 Å². The van der Waals surface area contributed by atoms with Gasteiger partial charge in [0.15, 0.2) is 5.78 Å². The summed E-state index contributed by atoms with van der Waals surface area (Å²) in [7, 11) is 0. The monoisotopic (exact) mass is 287 g/mol. The zero-order valence-corrected chi connectivity index (χ0v) is 11.5. The minimum Gasteiger partial charge on any atom is -0.359 e. The number of nitrogens with one attached hydrogen (secondary N) is 2. The molecule has 0 bridgehead atoms. The number of hydrogen-bond acceptors (Lipinski definition) is 5. The van der Waals surface area contributed by atoms with Gasteiger partial charge in [-0.1, -0.05) is 23.9 Å². The van der Waals surface area contributed by atoms with E-state index in [4.69, 9.17) is 0 Å². The Kier molecular flexibility index (Phi) is 3.56. The lowest BCUT2D eigenvalue weighted by Crippen LogP contribution is -2.23. The molecule has 0 saturated carbocycles. The number of rotatable bonds is 3. The first-order valence-corrected chi connectivity index (χ1v) is 7.29. The van der Waals surface area contributed by atoms with Gasteiger partial charge in [0.1, 0.15) is 0 Å². The van der Waals surface area contributed by atoms with Gasteiger partial charge in [-0.2, -0.15) is 5.10 Å². The third-order valence-corrected chi connectivity index (χ3v) is 3.89. The Hall–Kier alpha value is -2.08. The molecular weight excluding hydrogens is 274 g/mol. The summed E-state index contributed by atoms with van der Waals surface area (Å²) >= 11 is 1.21. The minimum atomic E-state index is -0.120. The van der Waals surface area contributed by atoms with Crippen molar-refractivity contribution < 1.29 is 9.59 Å². The molecule has 3 rings (SSSR count). The van der Waals surface area contributed by atoms with Crippen molar-refractivity contribution in [3.63, 3.8) is 0 Å². The standard InChI is InChI=1S/C14H13N3O2S/c18-12-6-5-11(7-12)15-10-3-1-9(2-4-10)13-8-20-14(19)17-16-13/h1-4,7,15H,5-6,8H2,(H,17,19). The predicted molar refractivity (Wildman–Crippen MR) is 79.9 cm³/mol. The maximum atomic E-state index is 11.2. The van der Waals surface area contributed by atoms with Gasteiger partial charge in [0.2, 0.25) is 0 Å². The molecule has 0 spiro atoms. The molecule has 20 heavy (non-hydrogen) atoms. The third kappa shape index (κ3) is 2.91. The number of benzene rings is 1. The first-order valence-electron chi connectivity index (χ1n) is 6.31. The van der Waals surface area contributed by atoms with E-state index in [0.29, 0.717) is 12.2 Å². The molecule has 6 heteroatoms. The van der Waals surface area contributed by atoms with Crippen LogP contribution in [0.4, 0.5) is 10.5 Å². The lowest BCUT2D eigenvalue weighted by atomic mass is 10.1. The Morgan fingerprint density at radius 1 is 1.15 bits per heavy atom. The quantitative estimate of drug-likeness (QED) is 0.896. The molecule has 1 aromatic rings. The maximum absolute atomic E-state index is 11.2. The van der Waals surface area contributed by atoms with Crippen LogP contribution >= 0.6 is 11.8 Å². The average Bonchev–Trinajstić information content (AvgIpc) is 2.86. The predicted octanol–water partition coefficient (Wildman–Crippen LogP) is 2.51. The molecule has 1 aliphatic heterocycles. The van der Waals surface area contributed by atoms with E-state index in [2.05, 4.69) is 15.8 Å². The smallest absolute Gasteiger partial charge is 0.299 e. The summed E-state index contributed by atoms with van der Waals surface area (Å²) in [5.41, 5.74) is 6.21. The number of nitrogens with zero attached hydrogens (tertiary/aromatic N) is 1. The highest BCUT2D eigenvalue weighted by Crippen LogP contribution is 2.20. The second-order valence-electron chi connectivity index (χ2n) is 4.58. The number of amides is 1. The van der Waals surface area contributed by atoms with Gasteiger partial charge in [-0.05, 0) is 24.1 Å². The van der Waals surface area contributed by atoms with Crippen LogP contribution in [-0.4, -0.2) is 22.5 Å². The second-order valence-corrected chi connectivity index (χ2v) is 5.53. The molecule has 0 atom stereocenters. The number of carbonyl (C=O) groups is 2. The van der Waals surface area contributed by atoms with Crippen molar-refractivity contribution in [2.45, 2.75) is 12.8 Å². The average molecular weight is 287 g/mol. The van der Waals surface area contributed by atoms with E-state index in [1.807, 2.05) is 24.3 Å². The number of hydrogen-bond donors (Lipinski definition) is 2. The molecule has 1 aliphatic carbocycles. The topological polar surface area (TPSA) is 70.6 Å². The van der Waals surface area contributed by atoms with Gasteiger partial charge in [-0.25, -0.2) is 5.43 Å².